The molecule has 0 aliphatic carbocycles. The standard InChI is InChI=1S/C14H18N2O5/c1-8-11(14(19)20)6-10(21-8)7-15-13(18)9-3-4-16(2)12(17)5-9/h6,9H,3-5,7H2,1-2H3,(H,15,18)(H,19,20). The first-order valence-electron chi connectivity index (χ1n) is 6.72. The SMILES string of the molecule is Cc1oc(CNC(=O)C2CCN(C)C(=O)C2)cc1C(=O)O. The van der Waals surface area contributed by atoms with Crippen LogP contribution in [0.3, 0.4) is 0 Å². The number of carbonyl (C=O) groups is 3. The lowest BCUT2D eigenvalue weighted by Gasteiger charge is -2.27. The fourth-order valence-electron chi connectivity index (χ4n) is 2.33. The molecular formula is C14H18N2O5. The van der Waals surface area contributed by atoms with E-state index < -0.39 is 5.97 Å². The van der Waals surface area contributed by atoms with Crippen LogP contribution >= 0.6 is 0 Å². The molecule has 2 amide bonds. The van der Waals surface area contributed by atoms with Gasteiger partial charge in [0.2, 0.25) is 11.8 Å². The van der Waals surface area contributed by atoms with Crippen LogP contribution in [-0.2, 0) is 16.1 Å². The second-order valence-electron chi connectivity index (χ2n) is 5.21. The number of amides is 2. The molecule has 2 N–H and O–H groups in total. The average Bonchev–Trinajstić information content (AvgIpc) is 2.80. The molecule has 0 radical (unpaired) electrons. The Morgan fingerprint density at radius 3 is 2.81 bits per heavy atom. The van der Waals surface area contributed by atoms with Crippen LogP contribution in [0.15, 0.2) is 10.5 Å². The van der Waals surface area contributed by atoms with E-state index in [-0.39, 0.29) is 36.3 Å². The van der Waals surface area contributed by atoms with E-state index in [2.05, 4.69) is 5.32 Å². The van der Waals surface area contributed by atoms with Gasteiger partial charge in [-0.1, -0.05) is 0 Å². The van der Waals surface area contributed by atoms with Gasteiger partial charge < -0.3 is 19.7 Å². The summed E-state index contributed by atoms with van der Waals surface area (Å²) < 4.78 is 5.28. The molecule has 1 aromatic rings. The van der Waals surface area contributed by atoms with Gasteiger partial charge in [0.1, 0.15) is 17.1 Å². The molecule has 7 nitrogen and oxygen atoms in total. The van der Waals surface area contributed by atoms with Gasteiger partial charge in [-0.15, -0.1) is 0 Å². The maximum Gasteiger partial charge on any atom is 0.339 e. The molecule has 7 heteroatoms. The molecule has 0 spiro atoms. The molecule has 2 rings (SSSR count). The highest BCUT2D eigenvalue weighted by molar-refractivity contribution is 5.89. The van der Waals surface area contributed by atoms with E-state index in [4.69, 9.17) is 9.52 Å². The molecule has 1 aliphatic heterocycles. The number of carbonyl (C=O) groups excluding carboxylic acids is 2. The molecule has 1 atom stereocenters. The van der Waals surface area contributed by atoms with Crippen molar-refractivity contribution >= 4 is 17.8 Å². The van der Waals surface area contributed by atoms with Gasteiger partial charge in [0, 0.05) is 25.9 Å². The monoisotopic (exact) mass is 294 g/mol. The lowest BCUT2D eigenvalue weighted by atomic mass is 9.95. The van der Waals surface area contributed by atoms with Crippen molar-refractivity contribution in [3.63, 3.8) is 0 Å². The zero-order valence-electron chi connectivity index (χ0n) is 12.0. The molecule has 0 saturated carbocycles. The minimum absolute atomic E-state index is 0.0385. The highest BCUT2D eigenvalue weighted by atomic mass is 16.4. The van der Waals surface area contributed by atoms with Crippen LogP contribution < -0.4 is 5.32 Å². The maximum atomic E-state index is 12.0. The third-order valence-corrected chi connectivity index (χ3v) is 3.67. The zero-order chi connectivity index (χ0) is 15.6. The van der Waals surface area contributed by atoms with Crippen molar-refractivity contribution in [3.05, 3.63) is 23.2 Å². The average molecular weight is 294 g/mol. The first kappa shape index (κ1) is 15.1. The normalized spacial score (nSPS) is 18.7. The smallest absolute Gasteiger partial charge is 0.339 e. The summed E-state index contributed by atoms with van der Waals surface area (Å²) in [6.07, 6.45) is 0.839. The highest BCUT2D eigenvalue weighted by Crippen LogP contribution is 2.18. The zero-order valence-corrected chi connectivity index (χ0v) is 12.0. The first-order chi connectivity index (χ1) is 9.88. The van der Waals surface area contributed by atoms with Crippen LogP contribution in [0.1, 0.15) is 34.7 Å². The van der Waals surface area contributed by atoms with E-state index in [0.29, 0.717) is 24.5 Å². The molecule has 0 bridgehead atoms. The summed E-state index contributed by atoms with van der Waals surface area (Å²) in [5.74, 6) is -0.942. The third kappa shape index (κ3) is 3.42. The van der Waals surface area contributed by atoms with E-state index in [1.54, 1.807) is 18.9 Å². The topological polar surface area (TPSA) is 99.9 Å². The number of aromatic carboxylic acids is 1. The fraction of sp³-hybridized carbons (Fsp3) is 0.500. The number of carboxylic acids is 1. The van der Waals surface area contributed by atoms with Crippen LogP contribution in [0.4, 0.5) is 0 Å². The van der Waals surface area contributed by atoms with E-state index in [0.717, 1.165) is 0 Å². The van der Waals surface area contributed by atoms with Crippen molar-refractivity contribution in [2.24, 2.45) is 5.92 Å². The third-order valence-electron chi connectivity index (χ3n) is 3.67. The van der Waals surface area contributed by atoms with Crippen molar-refractivity contribution < 1.29 is 23.9 Å². The van der Waals surface area contributed by atoms with E-state index >= 15 is 0 Å². The Morgan fingerprint density at radius 2 is 2.24 bits per heavy atom. The number of nitrogens with zero attached hydrogens (tertiary/aromatic N) is 1. The van der Waals surface area contributed by atoms with Gasteiger partial charge in [-0.25, -0.2) is 4.79 Å². The molecular weight excluding hydrogens is 276 g/mol. The van der Waals surface area contributed by atoms with Crippen LogP contribution in [0.2, 0.25) is 0 Å². The summed E-state index contributed by atoms with van der Waals surface area (Å²) in [6, 6.07) is 1.40. The molecule has 2 heterocycles. The number of hydrogen-bond acceptors (Lipinski definition) is 4. The van der Waals surface area contributed by atoms with Crippen molar-refractivity contribution in [3.8, 4) is 0 Å². The van der Waals surface area contributed by atoms with Gasteiger partial charge in [-0.05, 0) is 19.4 Å². The van der Waals surface area contributed by atoms with E-state index in [1.807, 2.05) is 0 Å². The predicted molar refractivity (Wildman–Crippen MR) is 72.6 cm³/mol. The molecule has 1 saturated heterocycles. The molecule has 1 fully saturated rings. The van der Waals surface area contributed by atoms with Gasteiger partial charge in [0.15, 0.2) is 0 Å². The summed E-state index contributed by atoms with van der Waals surface area (Å²) in [4.78, 5) is 36.1. The molecule has 1 aliphatic rings. The Labute approximate surface area is 121 Å². The number of rotatable bonds is 4. The summed E-state index contributed by atoms with van der Waals surface area (Å²) >= 11 is 0. The first-order valence-corrected chi connectivity index (χ1v) is 6.72. The minimum Gasteiger partial charge on any atom is -0.478 e. The van der Waals surface area contributed by atoms with Crippen molar-refractivity contribution in [2.75, 3.05) is 13.6 Å². The molecule has 21 heavy (non-hydrogen) atoms. The van der Waals surface area contributed by atoms with Crippen LogP contribution in [-0.4, -0.2) is 41.4 Å². The quantitative estimate of drug-likeness (QED) is 0.854. The number of furan rings is 1. The van der Waals surface area contributed by atoms with Crippen molar-refractivity contribution in [1.82, 2.24) is 10.2 Å². The fourth-order valence-corrected chi connectivity index (χ4v) is 2.33. The maximum absolute atomic E-state index is 12.0. The Bertz CT molecular complexity index is 578. The minimum atomic E-state index is -1.06. The second kappa shape index (κ2) is 5.99. The Balaban J connectivity index is 1.91. The predicted octanol–water partition coefficient (Wildman–Crippen LogP) is 0.771. The van der Waals surface area contributed by atoms with Gasteiger partial charge in [-0.2, -0.15) is 0 Å². The molecule has 114 valence electrons. The van der Waals surface area contributed by atoms with E-state index in [1.165, 1.54) is 6.07 Å². The number of piperidine rings is 1. The second-order valence-corrected chi connectivity index (χ2v) is 5.21. The lowest BCUT2D eigenvalue weighted by Crippen LogP contribution is -2.41. The Kier molecular flexibility index (Phi) is 4.30. The largest absolute Gasteiger partial charge is 0.478 e. The van der Waals surface area contributed by atoms with Crippen molar-refractivity contribution in [2.45, 2.75) is 26.3 Å². The van der Waals surface area contributed by atoms with Crippen LogP contribution in [0.25, 0.3) is 0 Å². The summed E-state index contributed by atoms with van der Waals surface area (Å²) in [5.41, 5.74) is 0.0914. The number of likely N-dealkylation sites (tertiary alicyclic amines) is 1. The number of aryl methyl sites for hydroxylation is 1. The summed E-state index contributed by atoms with van der Waals surface area (Å²) in [6.45, 7) is 2.25. The number of nitrogens with one attached hydrogen (secondary N) is 1. The van der Waals surface area contributed by atoms with Crippen LogP contribution in [0.5, 0.6) is 0 Å². The molecule has 0 aromatic carbocycles. The summed E-state index contributed by atoms with van der Waals surface area (Å²) in [5, 5.41) is 11.6. The Hall–Kier alpha value is -2.31. The summed E-state index contributed by atoms with van der Waals surface area (Å²) in [7, 11) is 1.72. The lowest BCUT2D eigenvalue weighted by molar-refractivity contribution is -0.139. The van der Waals surface area contributed by atoms with Gasteiger partial charge in [0.25, 0.3) is 0 Å². The van der Waals surface area contributed by atoms with Crippen LogP contribution in [0, 0.1) is 12.8 Å². The molecule has 1 aromatic heterocycles. The highest BCUT2D eigenvalue weighted by Gasteiger charge is 2.28. The number of hydrogen-bond donors (Lipinski definition) is 2. The molecule has 1 unspecified atom stereocenters. The van der Waals surface area contributed by atoms with E-state index in [9.17, 15) is 14.4 Å². The van der Waals surface area contributed by atoms with Gasteiger partial charge >= 0.3 is 5.97 Å². The Morgan fingerprint density at radius 1 is 1.52 bits per heavy atom. The van der Waals surface area contributed by atoms with Gasteiger partial charge in [-0.3, -0.25) is 9.59 Å². The van der Waals surface area contributed by atoms with Gasteiger partial charge in [0.05, 0.1) is 6.54 Å². The van der Waals surface area contributed by atoms with Crippen molar-refractivity contribution in [1.29, 1.82) is 0 Å². The number of carboxylic acid groups (broad SMARTS) is 1.